The maximum absolute atomic E-state index is 12.6. The van der Waals surface area contributed by atoms with Crippen LogP contribution in [0.3, 0.4) is 0 Å². The Hall–Kier alpha value is -2.08. The van der Waals surface area contributed by atoms with Crippen LogP contribution < -0.4 is 10.1 Å². The van der Waals surface area contributed by atoms with E-state index in [1.807, 2.05) is 24.3 Å². The van der Waals surface area contributed by atoms with Crippen LogP contribution in [0.25, 0.3) is 22.1 Å². The van der Waals surface area contributed by atoms with E-state index in [0.29, 0.717) is 15.1 Å². The first-order valence-electron chi connectivity index (χ1n) is 6.64. The molecule has 0 unspecified atom stereocenters. The summed E-state index contributed by atoms with van der Waals surface area (Å²) in [6.07, 6.45) is 1.69. The van der Waals surface area contributed by atoms with Crippen LogP contribution in [0.1, 0.15) is 5.56 Å². The van der Waals surface area contributed by atoms with Gasteiger partial charge in [-0.15, -0.1) is 0 Å². The number of benzene rings is 2. The number of para-hydroxylation sites is 2. The average Bonchev–Trinajstić information content (AvgIpc) is 3.02. The third kappa shape index (κ3) is 2.28. The Kier molecular flexibility index (Phi) is 3.30. The number of hydrogen-bond donors (Lipinski definition) is 1. The standard InChI is InChI=1S/C16H8Cl2N2O2S/c17-9-5-8(6-10(18)14(9)21)7-13-15(22)20-12-4-2-1-3-11(12)19-16(20)23-13/h1-7,21H/b13-7+. The molecular formula is C16H8Cl2N2O2S. The van der Waals surface area contributed by atoms with Crippen LogP contribution >= 0.6 is 34.5 Å². The third-order valence-corrected chi connectivity index (χ3v) is 5.03. The molecule has 0 saturated heterocycles. The summed E-state index contributed by atoms with van der Waals surface area (Å²) in [5.41, 5.74) is 2.08. The number of thiazole rings is 1. The van der Waals surface area contributed by atoms with Gasteiger partial charge in [0.1, 0.15) is 0 Å². The molecule has 4 aromatic rings. The van der Waals surface area contributed by atoms with Gasteiger partial charge < -0.3 is 5.11 Å². The molecule has 2 aromatic heterocycles. The molecule has 0 aliphatic carbocycles. The van der Waals surface area contributed by atoms with Crippen molar-refractivity contribution < 1.29 is 5.11 Å². The zero-order valence-electron chi connectivity index (χ0n) is 11.5. The van der Waals surface area contributed by atoms with Crippen molar-refractivity contribution in [2.24, 2.45) is 0 Å². The fourth-order valence-electron chi connectivity index (χ4n) is 2.43. The highest BCUT2D eigenvalue weighted by atomic mass is 35.5. The van der Waals surface area contributed by atoms with E-state index in [1.54, 1.807) is 22.6 Å². The molecule has 0 bridgehead atoms. The molecule has 0 radical (unpaired) electrons. The average molecular weight is 363 g/mol. The summed E-state index contributed by atoms with van der Waals surface area (Å²) in [6.45, 7) is 0. The van der Waals surface area contributed by atoms with Crippen molar-refractivity contribution in [3.8, 4) is 5.75 Å². The molecule has 1 N–H and O–H groups in total. The fraction of sp³-hybridized carbons (Fsp3) is 0. The van der Waals surface area contributed by atoms with Crippen LogP contribution in [0, 0.1) is 0 Å². The molecule has 0 aliphatic heterocycles. The van der Waals surface area contributed by atoms with Crippen molar-refractivity contribution >= 4 is 56.6 Å². The third-order valence-electron chi connectivity index (χ3n) is 3.48. The molecular weight excluding hydrogens is 355 g/mol. The maximum atomic E-state index is 12.6. The van der Waals surface area contributed by atoms with E-state index in [0.717, 1.165) is 11.0 Å². The Morgan fingerprint density at radius 1 is 1.17 bits per heavy atom. The first kappa shape index (κ1) is 14.5. The minimum absolute atomic E-state index is 0.140. The summed E-state index contributed by atoms with van der Waals surface area (Å²) in [4.78, 5) is 17.7. The highest BCUT2D eigenvalue weighted by Crippen LogP contribution is 2.32. The van der Waals surface area contributed by atoms with Crippen LogP contribution in [0.4, 0.5) is 0 Å². The summed E-state index contributed by atoms with van der Waals surface area (Å²) in [5, 5.41) is 9.88. The van der Waals surface area contributed by atoms with E-state index in [2.05, 4.69) is 4.98 Å². The highest BCUT2D eigenvalue weighted by molar-refractivity contribution is 7.15. The van der Waals surface area contributed by atoms with Crippen molar-refractivity contribution in [1.29, 1.82) is 0 Å². The number of nitrogens with zero attached hydrogens (tertiary/aromatic N) is 2. The van der Waals surface area contributed by atoms with Gasteiger partial charge in [0.05, 0.1) is 25.6 Å². The molecule has 114 valence electrons. The van der Waals surface area contributed by atoms with E-state index in [9.17, 15) is 9.90 Å². The summed E-state index contributed by atoms with van der Waals surface area (Å²) in [7, 11) is 0. The lowest BCUT2D eigenvalue weighted by molar-refractivity contribution is 0.476. The number of phenolic OH excluding ortho intramolecular Hbond substituents is 1. The quantitative estimate of drug-likeness (QED) is 0.564. The molecule has 2 heterocycles. The topological polar surface area (TPSA) is 54.6 Å². The summed E-state index contributed by atoms with van der Waals surface area (Å²) in [6, 6.07) is 10.6. The first-order valence-corrected chi connectivity index (χ1v) is 8.21. The SMILES string of the molecule is O=c1/c(=C\c2cc(Cl)c(O)c(Cl)c2)sc2nc3ccccc3n12. The van der Waals surface area contributed by atoms with Crippen molar-refractivity contribution in [3.05, 3.63) is 66.9 Å². The molecule has 7 heteroatoms. The number of phenols is 1. The molecule has 4 rings (SSSR count). The molecule has 0 aliphatic rings. The molecule has 0 amide bonds. The number of halogens is 2. The van der Waals surface area contributed by atoms with E-state index in [4.69, 9.17) is 23.2 Å². The highest BCUT2D eigenvalue weighted by Gasteiger charge is 2.11. The van der Waals surface area contributed by atoms with Gasteiger partial charge in [-0.3, -0.25) is 4.79 Å². The van der Waals surface area contributed by atoms with Crippen molar-refractivity contribution in [2.45, 2.75) is 0 Å². The zero-order chi connectivity index (χ0) is 16.1. The van der Waals surface area contributed by atoms with Crippen LogP contribution in [-0.4, -0.2) is 14.5 Å². The van der Waals surface area contributed by atoms with Gasteiger partial charge in [-0.2, -0.15) is 0 Å². The lowest BCUT2D eigenvalue weighted by Crippen LogP contribution is -2.22. The van der Waals surface area contributed by atoms with E-state index < -0.39 is 0 Å². The van der Waals surface area contributed by atoms with Crippen LogP contribution in [0.2, 0.25) is 10.0 Å². The number of imidazole rings is 1. The maximum Gasteiger partial charge on any atom is 0.274 e. The van der Waals surface area contributed by atoms with Gasteiger partial charge in [-0.05, 0) is 35.9 Å². The number of rotatable bonds is 1. The monoisotopic (exact) mass is 362 g/mol. The first-order chi connectivity index (χ1) is 11.0. The van der Waals surface area contributed by atoms with Crippen LogP contribution in [0.15, 0.2) is 41.2 Å². The predicted octanol–water partition coefficient (Wildman–Crippen LogP) is 3.47. The lowest BCUT2D eigenvalue weighted by Gasteiger charge is -2.00. The van der Waals surface area contributed by atoms with Gasteiger partial charge in [0, 0.05) is 0 Å². The van der Waals surface area contributed by atoms with Gasteiger partial charge >= 0.3 is 0 Å². The number of aromatic hydroxyl groups is 1. The van der Waals surface area contributed by atoms with Crippen molar-refractivity contribution in [2.75, 3.05) is 0 Å². The van der Waals surface area contributed by atoms with E-state index in [1.165, 1.54) is 11.3 Å². The van der Waals surface area contributed by atoms with E-state index in [-0.39, 0.29) is 21.4 Å². The number of aromatic nitrogens is 2. The largest absolute Gasteiger partial charge is 0.505 e. The second kappa shape index (κ2) is 5.23. The zero-order valence-corrected chi connectivity index (χ0v) is 13.8. The molecule has 0 spiro atoms. The van der Waals surface area contributed by atoms with Crippen LogP contribution in [0.5, 0.6) is 5.75 Å². The van der Waals surface area contributed by atoms with Gasteiger partial charge in [0.15, 0.2) is 10.7 Å². The normalized spacial score (nSPS) is 12.5. The molecule has 4 nitrogen and oxygen atoms in total. The number of hydrogen-bond acceptors (Lipinski definition) is 4. The van der Waals surface area contributed by atoms with E-state index >= 15 is 0 Å². The molecule has 0 saturated carbocycles. The van der Waals surface area contributed by atoms with Gasteiger partial charge in [-0.25, -0.2) is 9.38 Å². The lowest BCUT2D eigenvalue weighted by atomic mass is 10.2. The minimum atomic E-state index is -0.167. The second-order valence-corrected chi connectivity index (χ2v) is 6.79. The molecule has 23 heavy (non-hydrogen) atoms. The Morgan fingerprint density at radius 2 is 1.87 bits per heavy atom. The second-order valence-electron chi connectivity index (χ2n) is 4.97. The Balaban J connectivity index is 1.99. The molecule has 0 atom stereocenters. The minimum Gasteiger partial charge on any atom is -0.505 e. The fourth-order valence-corrected chi connectivity index (χ4v) is 3.92. The van der Waals surface area contributed by atoms with Crippen molar-refractivity contribution in [1.82, 2.24) is 9.38 Å². The summed E-state index contributed by atoms with van der Waals surface area (Å²) < 4.78 is 2.12. The molecule has 0 fully saturated rings. The van der Waals surface area contributed by atoms with Gasteiger partial charge in [-0.1, -0.05) is 46.7 Å². The Labute approximate surface area is 143 Å². The molecule has 2 aromatic carbocycles. The van der Waals surface area contributed by atoms with Crippen LogP contribution in [-0.2, 0) is 0 Å². The number of fused-ring (bicyclic) bond motifs is 3. The Morgan fingerprint density at radius 3 is 2.61 bits per heavy atom. The van der Waals surface area contributed by atoms with Gasteiger partial charge in [0.2, 0.25) is 0 Å². The smallest absolute Gasteiger partial charge is 0.274 e. The summed E-state index contributed by atoms with van der Waals surface area (Å²) >= 11 is 13.1. The summed E-state index contributed by atoms with van der Waals surface area (Å²) in [5.74, 6) is -0.167. The Bertz CT molecular complexity index is 1160. The van der Waals surface area contributed by atoms with Crippen molar-refractivity contribution in [3.63, 3.8) is 0 Å². The predicted molar refractivity (Wildman–Crippen MR) is 93.8 cm³/mol. The van der Waals surface area contributed by atoms with Gasteiger partial charge in [0.25, 0.3) is 5.56 Å².